The lowest BCUT2D eigenvalue weighted by Gasteiger charge is -2.14. The fourth-order valence-corrected chi connectivity index (χ4v) is 2.54. The van der Waals surface area contributed by atoms with Crippen molar-refractivity contribution in [3.05, 3.63) is 42.0 Å². The third-order valence-electron chi connectivity index (χ3n) is 3.96. The minimum atomic E-state index is -0.0510. The van der Waals surface area contributed by atoms with Crippen molar-refractivity contribution in [1.29, 1.82) is 0 Å². The van der Waals surface area contributed by atoms with E-state index in [2.05, 4.69) is 12.2 Å². The van der Waals surface area contributed by atoms with Gasteiger partial charge in [0.05, 0.1) is 21.3 Å². The van der Waals surface area contributed by atoms with Crippen LogP contribution in [0.1, 0.15) is 30.1 Å². The van der Waals surface area contributed by atoms with E-state index in [1.807, 2.05) is 36.4 Å². The van der Waals surface area contributed by atoms with Crippen LogP contribution in [0, 0.1) is 0 Å². The van der Waals surface area contributed by atoms with Crippen molar-refractivity contribution >= 4 is 5.91 Å². The van der Waals surface area contributed by atoms with Crippen molar-refractivity contribution in [3.63, 3.8) is 0 Å². The van der Waals surface area contributed by atoms with Crippen molar-refractivity contribution in [2.45, 2.75) is 19.8 Å². The second-order valence-corrected chi connectivity index (χ2v) is 5.60. The number of ether oxygens (including phenoxy) is 3. The first-order chi connectivity index (χ1) is 12.1. The smallest absolute Gasteiger partial charge is 0.251 e. The molecule has 1 N–H and O–H groups in total. The molecule has 1 amide bonds. The molecule has 0 radical (unpaired) electrons. The molecule has 0 aliphatic heterocycles. The van der Waals surface area contributed by atoms with Gasteiger partial charge in [0, 0.05) is 12.1 Å². The molecule has 2 rings (SSSR count). The zero-order valence-electron chi connectivity index (χ0n) is 15.2. The quantitative estimate of drug-likeness (QED) is 0.738. The van der Waals surface area contributed by atoms with Crippen LogP contribution in [-0.2, 0) is 0 Å². The molecular weight excluding hydrogens is 318 g/mol. The maximum absolute atomic E-state index is 12.1. The van der Waals surface area contributed by atoms with Crippen LogP contribution in [0.25, 0.3) is 11.1 Å². The summed E-state index contributed by atoms with van der Waals surface area (Å²) in [5.41, 5.74) is 2.53. The minimum Gasteiger partial charge on any atom is -0.493 e. The van der Waals surface area contributed by atoms with E-state index in [9.17, 15) is 4.79 Å². The number of unbranched alkanes of at least 4 members (excludes halogenated alkanes) is 1. The van der Waals surface area contributed by atoms with Gasteiger partial charge in [-0.1, -0.05) is 25.5 Å². The Labute approximate surface area is 148 Å². The van der Waals surface area contributed by atoms with Crippen molar-refractivity contribution in [1.82, 2.24) is 5.32 Å². The average Bonchev–Trinajstić information content (AvgIpc) is 2.66. The van der Waals surface area contributed by atoms with Crippen LogP contribution in [0.2, 0.25) is 0 Å². The van der Waals surface area contributed by atoms with E-state index in [4.69, 9.17) is 14.2 Å². The Kier molecular flexibility index (Phi) is 6.69. The van der Waals surface area contributed by atoms with Crippen molar-refractivity contribution in [2.75, 3.05) is 27.9 Å². The molecule has 0 unspecified atom stereocenters. The fourth-order valence-electron chi connectivity index (χ4n) is 2.54. The molecule has 0 spiro atoms. The number of hydrogen-bond acceptors (Lipinski definition) is 4. The molecule has 134 valence electrons. The molecule has 25 heavy (non-hydrogen) atoms. The van der Waals surface area contributed by atoms with Crippen LogP contribution in [-0.4, -0.2) is 33.8 Å². The summed E-state index contributed by atoms with van der Waals surface area (Å²) in [4.78, 5) is 12.1. The van der Waals surface area contributed by atoms with Crippen LogP contribution < -0.4 is 19.5 Å². The first kappa shape index (κ1) is 18.6. The number of nitrogens with one attached hydrogen (secondary N) is 1. The molecule has 0 fully saturated rings. The predicted molar refractivity (Wildman–Crippen MR) is 98.8 cm³/mol. The number of carbonyl (C=O) groups is 1. The SMILES string of the molecule is CCCCNC(=O)c1ccc(-c2cc(OC)c(OC)c(OC)c2)cc1. The van der Waals surface area contributed by atoms with Gasteiger partial charge in [-0.05, 0) is 41.8 Å². The molecule has 0 aliphatic rings. The highest BCUT2D eigenvalue weighted by Gasteiger charge is 2.14. The molecule has 2 aromatic rings. The Bertz CT molecular complexity index is 685. The minimum absolute atomic E-state index is 0.0510. The summed E-state index contributed by atoms with van der Waals surface area (Å²) >= 11 is 0. The van der Waals surface area contributed by atoms with Gasteiger partial charge in [-0.3, -0.25) is 4.79 Å². The van der Waals surface area contributed by atoms with Crippen molar-refractivity contribution < 1.29 is 19.0 Å². The van der Waals surface area contributed by atoms with Crippen molar-refractivity contribution in [3.8, 4) is 28.4 Å². The number of methoxy groups -OCH3 is 3. The first-order valence-corrected chi connectivity index (χ1v) is 8.33. The van der Waals surface area contributed by atoms with Crippen molar-refractivity contribution in [2.24, 2.45) is 0 Å². The molecule has 0 atom stereocenters. The van der Waals surface area contributed by atoms with Gasteiger partial charge in [0.15, 0.2) is 11.5 Å². The van der Waals surface area contributed by atoms with Gasteiger partial charge < -0.3 is 19.5 Å². The molecule has 0 aromatic heterocycles. The van der Waals surface area contributed by atoms with Crippen LogP contribution in [0.15, 0.2) is 36.4 Å². The summed E-state index contributed by atoms with van der Waals surface area (Å²) in [5, 5.41) is 2.92. The monoisotopic (exact) mass is 343 g/mol. The van der Waals surface area contributed by atoms with Gasteiger partial charge in [0.25, 0.3) is 5.91 Å². The summed E-state index contributed by atoms with van der Waals surface area (Å²) in [6.07, 6.45) is 2.04. The summed E-state index contributed by atoms with van der Waals surface area (Å²) < 4.78 is 16.1. The lowest BCUT2D eigenvalue weighted by Crippen LogP contribution is -2.24. The second kappa shape index (κ2) is 8.97. The molecule has 5 nitrogen and oxygen atoms in total. The predicted octanol–water partition coefficient (Wildman–Crippen LogP) is 3.91. The largest absolute Gasteiger partial charge is 0.493 e. The third-order valence-corrected chi connectivity index (χ3v) is 3.96. The van der Waals surface area contributed by atoms with Crippen LogP contribution in [0.5, 0.6) is 17.2 Å². The number of rotatable bonds is 8. The highest BCUT2D eigenvalue weighted by Crippen LogP contribution is 2.41. The second-order valence-electron chi connectivity index (χ2n) is 5.60. The number of carbonyl (C=O) groups excluding carboxylic acids is 1. The average molecular weight is 343 g/mol. The standard InChI is InChI=1S/C20H25NO4/c1-5-6-11-21-20(22)15-9-7-14(8-10-15)16-12-17(23-2)19(25-4)18(13-16)24-3/h7-10,12-13H,5-6,11H2,1-4H3,(H,21,22). The van der Waals surface area contributed by atoms with E-state index in [0.717, 1.165) is 24.0 Å². The molecule has 5 heteroatoms. The van der Waals surface area contributed by atoms with E-state index >= 15 is 0 Å². The van der Waals surface area contributed by atoms with Gasteiger partial charge in [0.1, 0.15) is 0 Å². The van der Waals surface area contributed by atoms with Crippen LogP contribution in [0.4, 0.5) is 0 Å². The Morgan fingerprint density at radius 2 is 1.52 bits per heavy atom. The topological polar surface area (TPSA) is 56.8 Å². The lowest BCUT2D eigenvalue weighted by atomic mass is 10.0. The Hall–Kier alpha value is -2.69. The molecule has 0 saturated carbocycles. The molecule has 0 bridgehead atoms. The van der Waals surface area contributed by atoms with Gasteiger partial charge in [0.2, 0.25) is 5.75 Å². The maximum atomic E-state index is 12.1. The molecule has 0 saturated heterocycles. The number of amides is 1. The lowest BCUT2D eigenvalue weighted by molar-refractivity contribution is 0.0953. The summed E-state index contributed by atoms with van der Waals surface area (Å²) in [5.74, 6) is 1.70. The Morgan fingerprint density at radius 1 is 0.920 bits per heavy atom. The summed E-state index contributed by atoms with van der Waals surface area (Å²) in [6, 6.07) is 11.2. The third kappa shape index (κ3) is 4.44. The molecule has 2 aromatic carbocycles. The van der Waals surface area contributed by atoms with Gasteiger partial charge in [-0.25, -0.2) is 0 Å². The van der Waals surface area contributed by atoms with E-state index in [1.165, 1.54) is 0 Å². The molecule has 0 heterocycles. The fraction of sp³-hybridized carbons (Fsp3) is 0.350. The Balaban J connectivity index is 2.26. The highest BCUT2D eigenvalue weighted by molar-refractivity contribution is 5.94. The van der Waals surface area contributed by atoms with Gasteiger partial charge in [-0.15, -0.1) is 0 Å². The van der Waals surface area contributed by atoms with Crippen LogP contribution >= 0.6 is 0 Å². The zero-order chi connectivity index (χ0) is 18.2. The van der Waals surface area contributed by atoms with E-state index in [0.29, 0.717) is 29.4 Å². The van der Waals surface area contributed by atoms with E-state index < -0.39 is 0 Å². The zero-order valence-corrected chi connectivity index (χ0v) is 15.2. The van der Waals surface area contributed by atoms with Gasteiger partial charge >= 0.3 is 0 Å². The Morgan fingerprint density at radius 3 is 2.00 bits per heavy atom. The van der Waals surface area contributed by atoms with Gasteiger partial charge in [-0.2, -0.15) is 0 Å². The highest BCUT2D eigenvalue weighted by atomic mass is 16.5. The molecule has 0 aliphatic carbocycles. The summed E-state index contributed by atoms with van der Waals surface area (Å²) in [7, 11) is 4.75. The number of hydrogen-bond donors (Lipinski definition) is 1. The van der Waals surface area contributed by atoms with Crippen LogP contribution in [0.3, 0.4) is 0 Å². The first-order valence-electron chi connectivity index (χ1n) is 8.33. The maximum Gasteiger partial charge on any atom is 0.251 e. The molecular formula is C20H25NO4. The normalized spacial score (nSPS) is 10.2. The number of benzene rings is 2. The summed E-state index contributed by atoms with van der Waals surface area (Å²) in [6.45, 7) is 2.79. The van der Waals surface area contributed by atoms with E-state index in [-0.39, 0.29) is 5.91 Å². The van der Waals surface area contributed by atoms with E-state index in [1.54, 1.807) is 21.3 Å².